The van der Waals surface area contributed by atoms with Crippen molar-refractivity contribution in [3.63, 3.8) is 0 Å². The van der Waals surface area contributed by atoms with Gasteiger partial charge in [-0.05, 0) is 34.6 Å². The van der Waals surface area contributed by atoms with Crippen LogP contribution in [0.15, 0.2) is 46.9 Å². The number of hydrogen-bond donors (Lipinski definition) is 1. The van der Waals surface area contributed by atoms with Gasteiger partial charge >= 0.3 is 0 Å². The van der Waals surface area contributed by atoms with Crippen LogP contribution in [-0.2, 0) is 17.3 Å². The number of ether oxygens (including phenoxy) is 1. The average molecular weight is 431 g/mol. The molecule has 3 rings (SSSR count). The van der Waals surface area contributed by atoms with Gasteiger partial charge < -0.3 is 14.6 Å². The number of carbonyl (C=O) groups excluding carboxylic acids is 1. The number of benzene rings is 1. The number of amides is 1. The molecule has 0 bridgehead atoms. The molecule has 1 amide bonds. The van der Waals surface area contributed by atoms with Gasteiger partial charge in [-0.25, -0.2) is 0 Å². The molecule has 8 heteroatoms. The van der Waals surface area contributed by atoms with Gasteiger partial charge in [0.2, 0.25) is 5.91 Å². The second-order valence-electron chi connectivity index (χ2n) is 7.60. The van der Waals surface area contributed by atoms with E-state index in [0.29, 0.717) is 13.2 Å². The van der Waals surface area contributed by atoms with Gasteiger partial charge in [0.05, 0.1) is 17.2 Å². The SMILES string of the molecule is Cn1c(SCC(=O)NCCOc2ccc(C(C)(C)C)cc2)nnc1-c1cccs1. The maximum atomic E-state index is 12.1. The Morgan fingerprint density at radius 1 is 1.21 bits per heavy atom. The van der Waals surface area contributed by atoms with E-state index in [-0.39, 0.29) is 17.1 Å². The third kappa shape index (κ3) is 5.83. The number of hydrogen-bond acceptors (Lipinski definition) is 6. The first-order chi connectivity index (χ1) is 13.8. The normalized spacial score (nSPS) is 11.4. The van der Waals surface area contributed by atoms with E-state index in [4.69, 9.17) is 4.74 Å². The van der Waals surface area contributed by atoms with Gasteiger partial charge in [-0.3, -0.25) is 4.79 Å². The van der Waals surface area contributed by atoms with Crippen LogP contribution in [0, 0.1) is 0 Å². The lowest BCUT2D eigenvalue weighted by Gasteiger charge is -2.19. The van der Waals surface area contributed by atoms with Crippen LogP contribution < -0.4 is 10.1 Å². The second kappa shape index (κ2) is 9.45. The van der Waals surface area contributed by atoms with Crippen molar-refractivity contribution < 1.29 is 9.53 Å². The minimum Gasteiger partial charge on any atom is -0.492 e. The first-order valence-corrected chi connectivity index (χ1v) is 11.3. The van der Waals surface area contributed by atoms with E-state index in [9.17, 15) is 4.79 Å². The van der Waals surface area contributed by atoms with Crippen LogP contribution in [-0.4, -0.2) is 39.6 Å². The summed E-state index contributed by atoms with van der Waals surface area (Å²) in [5.41, 5.74) is 1.39. The van der Waals surface area contributed by atoms with Crippen molar-refractivity contribution in [1.82, 2.24) is 20.1 Å². The van der Waals surface area contributed by atoms with Crippen molar-refractivity contribution in [2.45, 2.75) is 31.3 Å². The molecule has 29 heavy (non-hydrogen) atoms. The average Bonchev–Trinajstić information content (AvgIpc) is 3.33. The molecular weight excluding hydrogens is 404 g/mol. The van der Waals surface area contributed by atoms with Crippen LogP contribution in [0.5, 0.6) is 5.75 Å². The molecule has 0 spiro atoms. The molecule has 1 aromatic carbocycles. The van der Waals surface area contributed by atoms with E-state index in [2.05, 4.69) is 48.4 Å². The Morgan fingerprint density at radius 2 is 1.97 bits per heavy atom. The van der Waals surface area contributed by atoms with Crippen LogP contribution in [0.25, 0.3) is 10.7 Å². The van der Waals surface area contributed by atoms with Gasteiger partial charge in [-0.2, -0.15) is 0 Å². The summed E-state index contributed by atoms with van der Waals surface area (Å²) in [7, 11) is 1.91. The minimum absolute atomic E-state index is 0.0534. The van der Waals surface area contributed by atoms with E-state index in [0.717, 1.165) is 21.6 Å². The molecule has 6 nitrogen and oxygen atoms in total. The summed E-state index contributed by atoms with van der Waals surface area (Å²) in [6.07, 6.45) is 0. The Kier molecular flexibility index (Phi) is 6.97. The van der Waals surface area contributed by atoms with Gasteiger partial charge in [0, 0.05) is 7.05 Å². The number of nitrogens with one attached hydrogen (secondary N) is 1. The molecule has 1 N–H and O–H groups in total. The van der Waals surface area contributed by atoms with Crippen LogP contribution in [0.1, 0.15) is 26.3 Å². The third-order valence-electron chi connectivity index (χ3n) is 4.32. The minimum atomic E-state index is -0.0534. The van der Waals surface area contributed by atoms with E-state index >= 15 is 0 Å². The predicted molar refractivity (Wildman–Crippen MR) is 119 cm³/mol. The van der Waals surface area contributed by atoms with E-state index < -0.39 is 0 Å². The molecule has 0 saturated heterocycles. The van der Waals surface area contributed by atoms with Crippen molar-refractivity contribution >= 4 is 29.0 Å². The summed E-state index contributed by atoms with van der Waals surface area (Å²) < 4.78 is 7.61. The van der Waals surface area contributed by atoms with Gasteiger partial charge in [-0.15, -0.1) is 21.5 Å². The summed E-state index contributed by atoms with van der Waals surface area (Å²) in [4.78, 5) is 13.1. The zero-order valence-electron chi connectivity index (χ0n) is 17.1. The Balaban J connectivity index is 1.39. The predicted octanol–water partition coefficient (Wildman–Crippen LogP) is 4.13. The summed E-state index contributed by atoms with van der Waals surface area (Å²) in [5.74, 6) is 1.86. The van der Waals surface area contributed by atoms with Gasteiger partial charge in [0.1, 0.15) is 12.4 Å². The molecule has 3 aromatic rings. The molecule has 0 unspecified atom stereocenters. The summed E-state index contributed by atoms with van der Waals surface area (Å²) in [6, 6.07) is 12.1. The zero-order chi connectivity index (χ0) is 20.9. The fourth-order valence-corrected chi connectivity index (χ4v) is 4.14. The van der Waals surface area contributed by atoms with Gasteiger partial charge in [0.15, 0.2) is 11.0 Å². The first kappa shape index (κ1) is 21.4. The lowest BCUT2D eigenvalue weighted by atomic mass is 9.87. The molecule has 0 aliphatic rings. The summed E-state index contributed by atoms with van der Waals surface area (Å²) in [5, 5.41) is 14.0. The van der Waals surface area contributed by atoms with Crippen LogP contribution in [0.3, 0.4) is 0 Å². The number of carbonyl (C=O) groups is 1. The molecule has 0 saturated carbocycles. The fourth-order valence-electron chi connectivity index (χ4n) is 2.65. The standard InChI is InChI=1S/C21H26N4O2S2/c1-21(2,3)15-7-9-16(10-8-15)27-12-11-22-18(26)14-29-20-24-23-19(25(20)4)17-6-5-13-28-17/h5-10,13H,11-12,14H2,1-4H3,(H,22,26). The second-order valence-corrected chi connectivity index (χ2v) is 9.49. The molecule has 154 valence electrons. The number of thioether (sulfide) groups is 1. The largest absolute Gasteiger partial charge is 0.492 e. The van der Waals surface area contributed by atoms with Gasteiger partial charge in [-0.1, -0.05) is 50.7 Å². The number of rotatable bonds is 8. The van der Waals surface area contributed by atoms with Crippen molar-refractivity contribution in [2.24, 2.45) is 7.05 Å². The van der Waals surface area contributed by atoms with Crippen molar-refractivity contribution in [2.75, 3.05) is 18.9 Å². The molecule has 0 radical (unpaired) electrons. The molecule has 0 aliphatic heterocycles. The Hall–Kier alpha value is -2.32. The van der Waals surface area contributed by atoms with Crippen LogP contribution in [0.4, 0.5) is 0 Å². The summed E-state index contributed by atoms with van der Waals surface area (Å²) in [6.45, 7) is 7.43. The smallest absolute Gasteiger partial charge is 0.230 e. The number of thiophene rings is 1. The highest BCUT2D eigenvalue weighted by Crippen LogP contribution is 2.26. The monoisotopic (exact) mass is 430 g/mol. The highest BCUT2D eigenvalue weighted by molar-refractivity contribution is 7.99. The fraction of sp³-hybridized carbons (Fsp3) is 0.381. The quantitative estimate of drug-likeness (QED) is 0.430. The third-order valence-corrected chi connectivity index (χ3v) is 6.21. The van der Waals surface area contributed by atoms with E-state index in [1.54, 1.807) is 11.3 Å². The lowest BCUT2D eigenvalue weighted by Crippen LogP contribution is -2.29. The molecule has 0 fully saturated rings. The molecular formula is C21H26N4O2S2. The Labute approximate surface area is 179 Å². The van der Waals surface area contributed by atoms with Crippen LogP contribution in [0.2, 0.25) is 0 Å². The van der Waals surface area contributed by atoms with E-state index in [1.807, 2.05) is 41.3 Å². The molecule has 2 heterocycles. The van der Waals surface area contributed by atoms with Gasteiger partial charge in [0.25, 0.3) is 0 Å². The van der Waals surface area contributed by atoms with Crippen LogP contribution >= 0.6 is 23.1 Å². The topological polar surface area (TPSA) is 69.0 Å². The Bertz CT molecular complexity index is 929. The van der Waals surface area contributed by atoms with Crippen molar-refractivity contribution in [3.8, 4) is 16.5 Å². The molecule has 2 aromatic heterocycles. The van der Waals surface area contributed by atoms with Crippen molar-refractivity contribution in [1.29, 1.82) is 0 Å². The van der Waals surface area contributed by atoms with Crippen molar-refractivity contribution in [3.05, 3.63) is 47.3 Å². The summed E-state index contributed by atoms with van der Waals surface area (Å²) >= 11 is 2.99. The number of aromatic nitrogens is 3. The number of nitrogens with zero attached hydrogens (tertiary/aromatic N) is 3. The Morgan fingerprint density at radius 3 is 2.62 bits per heavy atom. The highest BCUT2D eigenvalue weighted by Gasteiger charge is 2.14. The molecule has 0 atom stereocenters. The zero-order valence-corrected chi connectivity index (χ0v) is 18.8. The highest BCUT2D eigenvalue weighted by atomic mass is 32.2. The molecule has 0 aliphatic carbocycles. The first-order valence-electron chi connectivity index (χ1n) is 9.41. The maximum absolute atomic E-state index is 12.1. The van der Waals surface area contributed by atoms with E-state index in [1.165, 1.54) is 17.3 Å². The lowest BCUT2D eigenvalue weighted by molar-refractivity contribution is -0.118. The maximum Gasteiger partial charge on any atom is 0.230 e.